The van der Waals surface area contributed by atoms with Gasteiger partial charge in [0.05, 0.1) is 13.2 Å². The van der Waals surface area contributed by atoms with Gasteiger partial charge in [0.15, 0.2) is 5.57 Å². The minimum Gasteiger partial charge on any atom is -0.462 e. The van der Waals surface area contributed by atoms with Crippen LogP contribution in [-0.2, 0) is 19.1 Å². The molecule has 6 nitrogen and oxygen atoms in total. The average molecular weight is 292 g/mol. The van der Waals surface area contributed by atoms with Gasteiger partial charge >= 0.3 is 11.9 Å². The molecule has 0 saturated heterocycles. The standard InChI is InChI=1S/C15H20N2O4/c1-5-20-14(18)12(15(19)21-6-2)9-16-13-8-10(3)7-11(4)17-13/h7-9H,5-6H2,1-4H3,(H,16,17). The largest absolute Gasteiger partial charge is 0.462 e. The third-order valence-electron chi connectivity index (χ3n) is 2.45. The van der Waals surface area contributed by atoms with Crippen LogP contribution in [0, 0.1) is 13.8 Å². The molecule has 0 aromatic carbocycles. The number of rotatable bonds is 6. The van der Waals surface area contributed by atoms with E-state index in [1.807, 2.05) is 19.9 Å². The lowest BCUT2D eigenvalue weighted by Crippen LogP contribution is -2.19. The number of nitrogens with one attached hydrogen (secondary N) is 1. The Balaban J connectivity index is 2.96. The first-order chi connectivity index (χ1) is 9.97. The smallest absolute Gasteiger partial charge is 0.347 e. The van der Waals surface area contributed by atoms with E-state index in [0.717, 1.165) is 11.3 Å². The van der Waals surface area contributed by atoms with Gasteiger partial charge in [-0.2, -0.15) is 0 Å². The summed E-state index contributed by atoms with van der Waals surface area (Å²) in [5.41, 5.74) is 1.66. The summed E-state index contributed by atoms with van der Waals surface area (Å²) < 4.78 is 9.68. The van der Waals surface area contributed by atoms with E-state index in [4.69, 9.17) is 9.47 Å². The van der Waals surface area contributed by atoms with Crippen molar-refractivity contribution in [1.82, 2.24) is 4.98 Å². The van der Waals surface area contributed by atoms with Crippen LogP contribution in [0.1, 0.15) is 25.1 Å². The summed E-state index contributed by atoms with van der Waals surface area (Å²) in [7, 11) is 0. The van der Waals surface area contributed by atoms with E-state index in [1.54, 1.807) is 19.9 Å². The minimum atomic E-state index is -0.729. The summed E-state index contributed by atoms with van der Waals surface area (Å²) in [6, 6.07) is 3.73. The van der Waals surface area contributed by atoms with Crippen molar-refractivity contribution in [2.24, 2.45) is 0 Å². The molecule has 0 unspecified atom stereocenters. The molecule has 1 heterocycles. The number of aryl methyl sites for hydroxylation is 2. The van der Waals surface area contributed by atoms with Crippen LogP contribution in [0.15, 0.2) is 23.9 Å². The Bertz CT molecular complexity index is 512. The lowest BCUT2D eigenvalue weighted by Gasteiger charge is -2.08. The van der Waals surface area contributed by atoms with Crippen LogP contribution < -0.4 is 5.32 Å². The van der Waals surface area contributed by atoms with Crippen LogP contribution in [0.2, 0.25) is 0 Å². The van der Waals surface area contributed by atoms with E-state index in [1.165, 1.54) is 6.20 Å². The summed E-state index contributed by atoms with van der Waals surface area (Å²) in [6.45, 7) is 7.48. The van der Waals surface area contributed by atoms with Crippen LogP contribution in [-0.4, -0.2) is 30.1 Å². The summed E-state index contributed by atoms with van der Waals surface area (Å²) in [5, 5.41) is 2.83. The van der Waals surface area contributed by atoms with Crippen molar-refractivity contribution >= 4 is 17.8 Å². The number of carbonyl (C=O) groups is 2. The number of anilines is 1. The molecular formula is C15H20N2O4. The van der Waals surface area contributed by atoms with Gasteiger partial charge in [0.2, 0.25) is 0 Å². The Morgan fingerprint density at radius 1 is 1.14 bits per heavy atom. The summed E-state index contributed by atoms with van der Waals surface area (Å²) >= 11 is 0. The highest BCUT2D eigenvalue weighted by molar-refractivity contribution is 6.14. The van der Waals surface area contributed by atoms with Crippen LogP contribution in [0.3, 0.4) is 0 Å². The van der Waals surface area contributed by atoms with Crippen molar-refractivity contribution in [3.63, 3.8) is 0 Å². The Kier molecular flexibility index (Phi) is 6.39. The van der Waals surface area contributed by atoms with Crippen molar-refractivity contribution in [3.8, 4) is 0 Å². The highest BCUT2D eigenvalue weighted by atomic mass is 16.6. The molecule has 21 heavy (non-hydrogen) atoms. The Labute approximate surface area is 124 Å². The third kappa shape index (κ3) is 5.25. The second kappa shape index (κ2) is 8.04. The molecule has 1 aromatic heterocycles. The maximum Gasteiger partial charge on any atom is 0.347 e. The molecule has 0 aliphatic carbocycles. The van der Waals surface area contributed by atoms with E-state index in [-0.39, 0.29) is 18.8 Å². The first kappa shape index (κ1) is 16.7. The van der Waals surface area contributed by atoms with Gasteiger partial charge in [-0.25, -0.2) is 14.6 Å². The average Bonchev–Trinajstić information content (AvgIpc) is 2.38. The number of hydrogen-bond donors (Lipinski definition) is 1. The Morgan fingerprint density at radius 2 is 1.71 bits per heavy atom. The summed E-state index contributed by atoms with van der Waals surface area (Å²) in [5.74, 6) is -0.917. The van der Waals surface area contributed by atoms with Gasteiger partial charge in [0, 0.05) is 11.9 Å². The molecule has 0 amide bonds. The van der Waals surface area contributed by atoms with Gasteiger partial charge in [-0.1, -0.05) is 0 Å². The van der Waals surface area contributed by atoms with Crippen LogP contribution in [0.5, 0.6) is 0 Å². The number of hydrogen-bond acceptors (Lipinski definition) is 6. The maximum absolute atomic E-state index is 11.8. The Hall–Kier alpha value is -2.37. The molecule has 114 valence electrons. The predicted molar refractivity (Wildman–Crippen MR) is 78.7 cm³/mol. The van der Waals surface area contributed by atoms with E-state index in [0.29, 0.717) is 5.82 Å². The minimum absolute atomic E-state index is 0.178. The van der Waals surface area contributed by atoms with Gasteiger partial charge in [-0.3, -0.25) is 0 Å². The fraction of sp³-hybridized carbons (Fsp3) is 0.400. The lowest BCUT2D eigenvalue weighted by molar-refractivity contribution is -0.146. The lowest BCUT2D eigenvalue weighted by atomic mass is 10.2. The summed E-state index contributed by atoms with van der Waals surface area (Å²) in [6.07, 6.45) is 1.26. The zero-order valence-electron chi connectivity index (χ0n) is 12.7. The fourth-order valence-electron chi connectivity index (χ4n) is 1.68. The van der Waals surface area contributed by atoms with Gasteiger partial charge in [0.1, 0.15) is 5.82 Å². The molecule has 1 rings (SSSR count). The molecule has 1 N–H and O–H groups in total. The summed E-state index contributed by atoms with van der Waals surface area (Å²) in [4.78, 5) is 27.8. The maximum atomic E-state index is 11.8. The van der Waals surface area contributed by atoms with Crippen molar-refractivity contribution in [2.45, 2.75) is 27.7 Å². The van der Waals surface area contributed by atoms with Gasteiger partial charge in [-0.15, -0.1) is 0 Å². The normalized spacial score (nSPS) is 9.71. The van der Waals surface area contributed by atoms with Crippen molar-refractivity contribution in [2.75, 3.05) is 18.5 Å². The zero-order valence-corrected chi connectivity index (χ0v) is 12.7. The number of pyridine rings is 1. The molecule has 0 fully saturated rings. The zero-order chi connectivity index (χ0) is 15.8. The topological polar surface area (TPSA) is 77.5 Å². The fourth-order valence-corrected chi connectivity index (χ4v) is 1.68. The van der Waals surface area contributed by atoms with Crippen molar-refractivity contribution < 1.29 is 19.1 Å². The third-order valence-corrected chi connectivity index (χ3v) is 2.45. The van der Waals surface area contributed by atoms with E-state index in [2.05, 4.69) is 10.3 Å². The molecule has 0 aliphatic heterocycles. The number of aromatic nitrogens is 1. The number of nitrogens with zero attached hydrogens (tertiary/aromatic N) is 1. The second-order valence-electron chi connectivity index (χ2n) is 4.31. The second-order valence-corrected chi connectivity index (χ2v) is 4.31. The number of carbonyl (C=O) groups excluding carboxylic acids is 2. The molecule has 0 saturated carbocycles. The molecule has 0 atom stereocenters. The molecular weight excluding hydrogens is 272 g/mol. The molecule has 0 spiro atoms. The van der Waals surface area contributed by atoms with Crippen molar-refractivity contribution in [1.29, 1.82) is 0 Å². The molecule has 0 bridgehead atoms. The predicted octanol–water partition coefficient (Wildman–Crippen LogP) is 2.12. The van der Waals surface area contributed by atoms with E-state index >= 15 is 0 Å². The van der Waals surface area contributed by atoms with Crippen LogP contribution >= 0.6 is 0 Å². The SMILES string of the molecule is CCOC(=O)C(=CNc1cc(C)cc(C)n1)C(=O)OCC. The first-order valence-electron chi connectivity index (χ1n) is 6.74. The molecule has 1 aromatic rings. The Morgan fingerprint density at radius 3 is 2.19 bits per heavy atom. The number of esters is 2. The van der Waals surface area contributed by atoms with Gasteiger partial charge in [0.25, 0.3) is 0 Å². The van der Waals surface area contributed by atoms with Gasteiger partial charge < -0.3 is 14.8 Å². The number of ether oxygens (including phenoxy) is 2. The first-order valence-corrected chi connectivity index (χ1v) is 6.74. The highest BCUT2D eigenvalue weighted by Crippen LogP contribution is 2.10. The molecule has 6 heteroatoms. The van der Waals surface area contributed by atoms with Crippen molar-refractivity contribution in [3.05, 3.63) is 35.2 Å². The van der Waals surface area contributed by atoms with Crippen LogP contribution in [0.25, 0.3) is 0 Å². The molecule has 0 radical (unpaired) electrons. The quantitative estimate of drug-likeness (QED) is 0.374. The molecule has 0 aliphatic rings. The highest BCUT2D eigenvalue weighted by Gasteiger charge is 2.20. The van der Waals surface area contributed by atoms with E-state index < -0.39 is 11.9 Å². The van der Waals surface area contributed by atoms with E-state index in [9.17, 15) is 9.59 Å². The van der Waals surface area contributed by atoms with Gasteiger partial charge in [-0.05, 0) is 45.4 Å². The van der Waals surface area contributed by atoms with Crippen LogP contribution in [0.4, 0.5) is 5.82 Å². The monoisotopic (exact) mass is 292 g/mol.